The fourth-order valence-electron chi connectivity index (χ4n) is 6.75. The van der Waals surface area contributed by atoms with Gasteiger partial charge in [0.25, 0.3) is 0 Å². The van der Waals surface area contributed by atoms with Gasteiger partial charge >= 0.3 is 0 Å². The molecule has 0 amide bonds. The smallest absolute Gasteiger partial charge is 0.158 e. The van der Waals surface area contributed by atoms with E-state index in [2.05, 4.69) is 140 Å². The van der Waals surface area contributed by atoms with Crippen molar-refractivity contribution >= 4 is 33.3 Å². The Morgan fingerprint density at radius 2 is 1.43 bits per heavy atom. The van der Waals surface area contributed by atoms with Crippen molar-refractivity contribution in [3.05, 3.63) is 95.1 Å². The summed E-state index contributed by atoms with van der Waals surface area (Å²) in [6.07, 6.45) is 3.49. The second kappa shape index (κ2) is 10.0. The lowest BCUT2D eigenvalue weighted by atomic mass is 9.63. The molecule has 0 atom stereocenters. The average Bonchev–Trinajstić information content (AvgIpc) is 3.29. The van der Waals surface area contributed by atoms with Crippen LogP contribution in [0.5, 0.6) is 0 Å². The predicted octanol–water partition coefficient (Wildman–Crippen LogP) is 11.8. The summed E-state index contributed by atoms with van der Waals surface area (Å²) in [6.45, 7) is 20.9. The number of rotatable bonds is 5. The van der Waals surface area contributed by atoms with Crippen LogP contribution in [0.2, 0.25) is 0 Å². The van der Waals surface area contributed by atoms with E-state index in [9.17, 15) is 0 Å². The molecule has 2 heteroatoms. The molecule has 2 nitrogen and oxygen atoms in total. The number of benzene rings is 4. The highest BCUT2D eigenvalue weighted by Gasteiger charge is 2.37. The summed E-state index contributed by atoms with van der Waals surface area (Å²) in [7, 11) is 0. The minimum absolute atomic E-state index is 0.0598. The number of furan rings is 1. The summed E-state index contributed by atoms with van der Waals surface area (Å²) in [6, 6.07) is 27.2. The molecule has 6 rings (SSSR count). The molecule has 0 spiro atoms. The Morgan fingerprint density at radius 3 is 2.07 bits per heavy atom. The maximum absolute atomic E-state index is 6.70. The van der Waals surface area contributed by atoms with Crippen LogP contribution in [0.4, 0.5) is 11.4 Å². The first kappa shape index (κ1) is 28.6. The molecule has 42 heavy (non-hydrogen) atoms. The molecule has 5 aromatic rings. The van der Waals surface area contributed by atoms with Crippen LogP contribution in [0.1, 0.15) is 97.4 Å². The third kappa shape index (κ3) is 5.14. The first-order valence-electron chi connectivity index (χ1n) is 15.7. The van der Waals surface area contributed by atoms with E-state index in [1.807, 2.05) is 0 Å². The molecular weight excluding hydrogens is 510 g/mol. The Hall–Kier alpha value is -3.52. The van der Waals surface area contributed by atoms with E-state index in [4.69, 9.17) is 4.42 Å². The minimum Gasteiger partial charge on any atom is -0.454 e. The Balaban J connectivity index is 1.47. The van der Waals surface area contributed by atoms with Gasteiger partial charge < -0.3 is 9.73 Å². The van der Waals surface area contributed by atoms with Crippen molar-refractivity contribution in [1.29, 1.82) is 0 Å². The molecular formula is C40H47NO. The van der Waals surface area contributed by atoms with Crippen molar-refractivity contribution in [3.8, 4) is 11.1 Å². The Morgan fingerprint density at radius 1 is 0.762 bits per heavy atom. The molecule has 0 unspecified atom stereocenters. The fourth-order valence-corrected chi connectivity index (χ4v) is 6.75. The van der Waals surface area contributed by atoms with Gasteiger partial charge in [0.05, 0.1) is 5.69 Å². The second-order valence-corrected chi connectivity index (χ2v) is 15.4. The zero-order chi connectivity index (χ0) is 30.0. The molecule has 0 aliphatic heterocycles. The van der Waals surface area contributed by atoms with Gasteiger partial charge in [-0.2, -0.15) is 0 Å². The summed E-state index contributed by atoms with van der Waals surface area (Å²) in [5.74, 6) is 0.643. The number of para-hydroxylation sites is 1. The van der Waals surface area contributed by atoms with Gasteiger partial charge in [0.2, 0.25) is 0 Å². The standard InChI is InChI=1S/C40H47NO/c1-25(2)21-26-13-15-27(16-14-26)30-22-28(38(3,4)5)17-18-34(30)41-35-12-10-11-29-31-23-32-33(24-36(31)42-37(29)35)40(8,9)20-19-39(32,6)7/h10-18,22-25,41H,19-21H2,1-9H3. The van der Waals surface area contributed by atoms with Gasteiger partial charge in [-0.1, -0.05) is 105 Å². The van der Waals surface area contributed by atoms with Gasteiger partial charge in [0, 0.05) is 22.0 Å². The minimum atomic E-state index is 0.0598. The summed E-state index contributed by atoms with van der Waals surface area (Å²) < 4.78 is 6.70. The van der Waals surface area contributed by atoms with E-state index < -0.39 is 0 Å². The molecule has 0 saturated heterocycles. The molecule has 218 valence electrons. The van der Waals surface area contributed by atoms with Crippen LogP contribution in [-0.4, -0.2) is 0 Å². The number of hydrogen-bond donors (Lipinski definition) is 1. The second-order valence-electron chi connectivity index (χ2n) is 15.4. The normalized spacial score (nSPS) is 16.2. The van der Waals surface area contributed by atoms with Crippen molar-refractivity contribution in [3.63, 3.8) is 0 Å². The molecule has 1 heterocycles. The van der Waals surface area contributed by atoms with Crippen LogP contribution in [0.25, 0.3) is 33.1 Å². The Bertz CT molecular complexity index is 1770. The number of hydrogen-bond acceptors (Lipinski definition) is 2. The van der Waals surface area contributed by atoms with E-state index in [0.29, 0.717) is 5.92 Å². The molecule has 1 aliphatic carbocycles. The van der Waals surface area contributed by atoms with Crippen LogP contribution < -0.4 is 5.32 Å². The highest BCUT2D eigenvalue weighted by Crippen LogP contribution is 2.49. The summed E-state index contributed by atoms with van der Waals surface area (Å²) >= 11 is 0. The molecule has 0 radical (unpaired) electrons. The topological polar surface area (TPSA) is 25.2 Å². The SMILES string of the molecule is CC(C)Cc1ccc(-c2cc(C(C)(C)C)ccc2Nc2cccc3c2oc2cc4c(cc23)C(C)(C)CCC4(C)C)cc1. The Kier molecular flexibility index (Phi) is 6.84. The predicted molar refractivity (Wildman–Crippen MR) is 181 cm³/mol. The van der Waals surface area contributed by atoms with Gasteiger partial charge in [-0.3, -0.25) is 0 Å². The molecule has 4 aromatic carbocycles. The van der Waals surface area contributed by atoms with Crippen LogP contribution in [0.3, 0.4) is 0 Å². The molecule has 1 aliphatic rings. The lowest BCUT2D eigenvalue weighted by Gasteiger charge is -2.41. The van der Waals surface area contributed by atoms with E-state index in [1.165, 1.54) is 57.0 Å². The Labute approximate surface area is 252 Å². The van der Waals surface area contributed by atoms with Gasteiger partial charge in [0.1, 0.15) is 5.58 Å². The van der Waals surface area contributed by atoms with E-state index >= 15 is 0 Å². The highest BCUT2D eigenvalue weighted by molar-refractivity contribution is 6.10. The monoisotopic (exact) mass is 557 g/mol. The first-order valence-corrected chi connectivity index (χ1v) is 15.7. The molecule has 1 aromatic heterocycles. The molecule has 1 N–H and O–H groups in total. The maximum Gasteiger partial charge on any atom is 0.158 e. The third-order valence-electron chi connectivity index (χ3n) is 9.53. The van der Waals surface area contributed by atoms with Crippen LogP contribution in [-0.2, 0) is 22.7 Å². The van der Waals surface area contributed by atoms with E-state index in [1.54, 1.807) is 0 Å². The van der Waals surface area contributed by atoms with Crippen molar-refractivity contribution in [2.45, 2.75) is 97.8 Å². The summed E-state index contributed by atoms with van der Waals surface area (Å²) in [5.41, 5.74) is 12.4. The fraction of sp³-hybridized carbons (Fsp3) is 0.400. The largest absolute Gasteiger partial charge is 0.454 e. The lowest BCUT2D eigenvalue weighted by molar-refractivity contribution is 0.332. The van der Waals surface area contributed by atoms with Gasteiger partial charge in [0.15, 0.2) is 5.58 Å². The van der Waals surface area contributed by atoms with Crippen LogP contribution >= 0.6 is 0 Å². The van der Waals surface area contributed by atoms with Crippen molar-refractivity contribution in [2.24, 2.45) is 5.92 Å². The molecule has 0 saturated carbocycles. The average molecular weight is 558 g/mol. The highest BCUT2D eigenvalue weighted by atomic mass is 16.3. The molecule has 0 fully saturated rings. The third-order valence-corrected chi connectivity index (χ3v) is 9.53. The lowest BCUT2D eigenvalue weighted by Crippen LogP contribution is -2.33. The van der Waals surface area contributed by atoms with Crippen molar-refractivity contribution < 1.29 is 4.42 Å². The van der Waals surface area contributed by atoms with Crippen molar-refractivity contribution in [2.75, 3.05) is 5.32 Å². The van der Waals surface area contributed by atoms with E-state index in [-0.39, 0.29) is 16.2 Å². The number of nitrogens with one attached hydrogen (secondary N) is 1. The zero-order valence-electron chi connectivity index (χ0n) is 27.0. The van der Waals surface area contributed by atoms with Crippen LogP contribution in [0, 0.1) is 5.92 Å². The van der Waals surface area contributed by atoms with Crippen molar-refractivity contribution in [1.82, 2.24) is 0 Å². The van der Waals surface area contributed by atoms with Gasteiger partial charge in [-0.05, 0) is 99.6 Å². The van der Waals surface area contributed by atoms with Crippen LogP contribution in [0.15, 0.2) is 77.2 Å². The maximum atomic E-state index is 6.70. The number of fused-ring (bicyclic) bond motifs is 4. The number of anilines is 2. The first-order chi connectivity index (χ1) is 19.7. The molecule has 0 bridgehead atoms. The summed E-state index contributed by atoms with van der Waals surface area (Å²) in [5, 5.41) is 6.19. The zero-order valence-corrected chi connectivity index (χ0v) is 27.0. The van der Waals surface area contributed by atoms with E-state index in [0.717, 1.165) is 29.0 Å². The summed E-state index contributed by atoms with van der Waals surface area (Å²) in [4.78, 5) is 0. The van der Waals surface area contributed by atoms with Gasteiger partial charge in [-0.25, -0.2) is 0 Å². The van der Waals surface area contributed by atoms with Gasteiger partial charge in [-0.15, -0.1) is 0 Å². The quantitative estimate of drug-likeness (QED) is 0.232.